The summed E-state index contributed by atoms with van der Waals surface area (Å²) in [7, 11) is 0. The van der Waals surface area contributed by atoms with Gasteiger partial charge in [-0.3, -0.25) is 0 Å². The van der Waals surface area contributed by atoms with E-state index in [9.17, 15) is 13.2 Å². The Hall–Kier alpha value is -1.85. The molecule has 0 amide bonds. The molecule has 156 valence electrons. The number of rotatable bonds is 7. The number of hydrogen-bond donors (Lipinski definition) is 0. The van der Waals surface area contributed by atoms with Gasteiger partial charge < -0.3 is 9.47 Å². The van der Waals surface area contributed by atoms with E-state index in [1.807, 2.05) is 6.07 Å². The van der Waals surface area contributed by atoms with Crippen LogP contribution in [0.15, 0.2) is 30.3 Å². The van der Waals surface area contributed by atoms with Crippen LogP contribution in [-0.4, -0.2) is 12.7 Å². The molecule has 0 radical (unpaired) electrons. The zero-order chi connectivity index (χ0) is 20.4. The second-order valence-electron chi connectivity index (χ2n) is 8.15. The van der Waals surface area contributed by atoms with Crippen molar-refractivity contribution in [2.75, 3.05) is 6.61 Å². The molecule has 1 aliphatic carbocycles. The predicted molar refractivity (Wildman–Crippen MR) is 105 cm³/mol. The van der Waals surface area contributed by atoms with Gasteiger partial charge >= 0.3 is 0 Å². The second kappa shape index (κ2) is 8.88. The van der Waals surface area contributed by atoms with E-state index >= 15 is 0 Å². The van der Waals surface area contributed by atoms with Gasteiger partial charge in [-0.2, -0.15) is 0 Å². The Kier molecular flexibility index (Phi) is 6.26. The molecular weight excluding hydrogens is 377 g/mol. The molecule has 1 atom stereocenters. The van der Waals surface area contributed by atoms with Crippen molar-refractivity contribution in [1.82, 2.24) is 0 Å². The molecule has 2 fully saturated rings. The van der Waals surface area contributed by atoms with Gasteiger partial charge in [-0.05, 0) is 55.2 Å². The van der Waals surface area contributed by atoms with Crippen molar-refractivity contribution in [2.45, 2.75) is 70.2 Å². The monoisotopic (exact) mass is 404 g/mol. The standard InChI is InChI=1S/C24H27F3O2/c1-2-3-15-4-5-17(21(25)12-15)13-28-18-8-6-16(7-9-18)19-10-11-20(22-14-29-22)24(27)23(19)26/h4-5,10-12,16,18,22H,2-3,6-9,13-14H2,1H3. The third-order valence-corrected chi connectivity index (χ3v) is 6.07. The average Bonchev–Trinajstić information content (AvgIpc) is 3.55. The lowest BCUT2D eigenvalue weighted by molar-refractivity contribution is 0.0118. The molecule has 2 aromatic carbocycles. The van der Waals surface area contributed by atoms with E-state index in [4.69, 9.17) is 9.47 Å². The highest BCUT2D eigenvalue weighted by Gasteiger charge is 2.32. The maximum atomic E-state index is 14.5. The van der Waals surface area contributed by atoms with Gasteiger partial charge in [0.1, 0.15) is 11.9 Å². The molecule has 0 aromatic heterocycles. The summed E-state index contributed by atoms with van der Waals surface area (Å²) in [6, 6.07) is 8.70. The SMILES string of the molecule is CCCc1ccc(COC2CCC(c3ccc(C4CO4)c(F)c3F)CC2)c(F)c1. The lowest BCUT2D eigenvalue weighted by Gasteiger charge is -2.29. The van der Waals surface area contributed by atoms with Gasteiger partial charge in [-0.1, -0.05) is 37.6 Å². The fraction of sp³-hybridized carbons (Fsp3) is 0.500. The van der Waals surface area contributed by atoms with Gasteiger partial charge in [-0.25, -0.2) is 13.2 Å². The zero-order valence-corrected chi connectivity index (χ0v) is 16.7. The van der Waals surface area contributed by atoms with Gasteiger partial charge in [0.15, 0.2) is 11.6 Å². The highest BCUT2D eigenvalue weighted by Crippen LogP contribution is 2.39. The fourth-order valence-corrected chi connectivity index (χ4v) is 4.27. The third-order valence-electron chi connectivity index (χ3n) is 6.07. The predicted octanol–water partition coefficient (Wildman–Crippen LogP) is 6.37. The highest BCUT2D eigenvalue weighted by molar-refractivity contribution is 5.32. The van der Waals surface area contributed by atoms with Gasteiger partial charge in [0.25, 0.3) is 0 Å². The summed E-state index contributed by atoms with van der Waals surface area (Å²) in [5, 5.41) is 0. The molecule has 1 saturated carbocycles. The third kappa shape index (κ3) is 4.67. The number of hydrogen-bond acceptors (Lipinski definition) is 2. The molecule has 2 aromatic rings. The number of halogens is 3. The first-order valence-corrected chi connectivity index (χ1v) is 10.5. The molecule has 0 bridgehead atoms. The molecular formula is C24H27F3O2. The minimum Gasteiger partial charge on any atom is -0.373 e. The van der Waals surface area contributed by atoms with E-state index in [1.54, 1.807) is 24.3 Å². The molecule has 1 aliphatic heterocycles. The van der Waals surface area contributed by atoms with Crippen LogP contribution in [0.3, 0.4) is 0 Å². The van der Waals surface area contributed by atoms with Crippen LogP contribution in [0.25, 0.3) is 0 Å². The molecule has 4 rings (SSSR count). The normalized spacial score (nSPS) is 23.9. The lowest BCUT2D eigenvalue weighted by atomic mass is 9.82. The van der Waals surface area contributed by atoms with Crippen molar-refractivity contribution < 1.29 is 22.6 Å². The van der Waals surface area contributed by atoms with Crippen LogP contribution in [0.5, 0.6) is 0 Å². The van der Waals surface area contributed by atoms with Crippen LogP contribution in [0, 0.1) is 17.5 Å². The summed E-state index contributed by atoms with van der Waals surface area (Å²) in [4.78, 5) is 0. The number of ether oxygens (including phenoxy) is 2. The van der Waals surface area contributed by atoms with Crippen molar-refractivity contribution in [1.29, 1.82) is 0 Å². The van der Waals surface area contributed by atoms with Crippen LogP contribution >= 0.6 is 0 Å². The molecule has 29 heavy (non-hydrogen) atoms. The Bertz CT molecular complexity index is 855. The Morgan fingerprint density at radius 2 is 1.66 bits per heavy atom. The molecule has 0 N–H and O–H groups in total. The first-order valence-electron chi connectivity index (χ1n) is 10.5. The van der Waals surface area contributed by atoms with Crippen LogP contribution < -0.4 is 0 Å². The maximum absolute atomic E-state index is 14.5. The van der Waals surface area contributed by atoms with E-state index in [-0.39, 0.29) is 30.5 Å². The summed E-state index contributed by atoms with van der Waals surface area (Å²) in [5.41, 5.74) is 2.33. The Labute approximate surface area is 170 Å². The van der Waals surface area contributed by atoms with Crippen LogP contribution in [-0.2, 0) is 22.5 Å². The smallest absolute Gasteiger partial charge is 0.165 e. The first kappa shape index (κ1) is 20.4. The Balaban J connectivity index is 1.31. The highest BCUT2D eigenvalue weighted by atomic mass is 19.2. The van der Waals surface area contributed by atoms with Crippen LogP contribution in [0.2, 0.25) is 0 Å². The minimum absolute atomic E-state index is 0.0106. The number of benzene rings is 2. The van der Waals surface area contributed by atoms with Crippen molar-refractivity contribution in [3.8, 4) is 0 Å². The molecule has 1 heterocycles. The summed E-state index contributed by atoms with van der Waals surface area (Å²) in [6.45, 7) is 2.77. The van der Waals surface area contributed by atoms with Gasteiger partial charge in [0, 0.05) is 11.1 Å². The molecule has 1 saturated heterocycles. The summed E-state index contributed by atoms with van der Waals surface area (Å²) in [5.74, 6) is -1.74. The van der Waals surface area contributed by atoms with E-state index < -0.39 is 11.6 Å². The van der Waals surface area contributed by atoms with E-state index in [0.717, 1.165) is 44.1 Å². The lowest BCUT2D eigenvalue weighted by Crippen LogP contribution is -2.21. The summed E-state index contributed by atoms with van der Waals surface area (Å²) in [6.07, 6.45) is 4.57. The quantitative estimate of drug-likeness (QED) is 0.500. The topological polar surface area (TPSA) is 21.8 Å². The van der Waals surface area contributed by atoms with Crippen molar-refractivity contribution in [3.63, 3.8) is 0 Å². The average molecular weight is 404 g/mol. The van der Waals surface area contributed by atoms with E-state index in [2.05, 4.69) is 6.92 Å². The number of aryl methyl sites for hydroxylation is 1. The Morgan fingerprint density at radius 3 is 2.31 bits per heavy atom. The van der Waals surface area contributed by atoms with Crippen LogP contribution in [0.1, 0.15) is 73.3 Å². The minimum atomic E-state index is -0.773. The van der Waals surface area contributed by atoms with E-state index in [0.29, 0.717) is 23.3 Å². The first-order chi connectivity index (χ1) is 14.1. The van der Waals surface area contributed by atoms with Gasteiger partial charge in [-0.15, -0.1) is 0 Å². The van der Waals surface area contributed by atoms with Gasteiger partial charge in [0.05, 0.1) is 19.3 Å². The number of epoxide rings is 1. The zero-order valence-electron chi connectivity index (χ0n) is 16.7. The Morgan fingerprint density at radius 1 is 0.966 bits per heavy atom. The fourth-order valence-electron chi connectivity index (χ4n) is 4.27. The largest absolute Gasteiger partial charge is 0.373 e. The molecule has 1 unspecified atom stereocenters. The molecule has 5 heteroatoms. The summed E-state index contributed by atoms with van der Waals surface area (Å²) >= 11 is 0. The molecule has 2 nitrogen and oxygen atoms in total. The maximum Gasteiger partial charge on any atom is 0.165 e. The van der Waals surface area contributed by atoms with E-state index in [1.165, 1.54) is 0 Å². The van der Waals surface area contributed by atoms with Crippen molar-refractivity contribution in [3.05, 3.63) is 70.0 Å². The summed E-state index contributed by atoms with van der Waals surface area (Å²) < 4.78 is 54.0. The molecule has 2 aliphatic rings. The van der Waals surface area contributed by atoms with Crippen LogP contribution in [0.4, 0.5) is 13.2 Å². The molecule has 0 spiro atoms. The van der Waals surface area contributed by atoms with Gasteiger partial charge in [0.2, 0.25) is 0 Å². The second-order valence-corrected chi connectivity index (χ2v) is 8.15. The van der Waals surface area contributed by atoms with Crippen molar-refractivity contribution >= 4 is 0 Å². The van der Waals surface area contributed by atoms with Crippen molar-refractivity contribution in [2.24, 2.45) is 0 Å².